The van der Waals surface area contributed by atoms with E-state index in [9.17, 15) is 8.42 Å². The van der Waals surface area contributed by atoms with Gasteiger partial charge in [0.2, 0.25) is 10.0 Å². The van der Waals surface area contributed by atoms with Crippen LogP contribution in [0.2, 0.25) is 0 Å². The first-order valence-electron chi connectivity index (χ1n) is 9.14. The Kier molecular flexibility index (Phi) is 5.50. The van der Waals surface area contributed by atoms with E-state index in [0.717, 1.165) is 26.2 Å². The average Bonchev–Trinajstić information content (AvgIpc) is 3.18. The number of hydrogen-bond donors (Lipinski definition) is 0. The van der Waals surface area contributed by atoms with Gasteiger partial charge in [0.05, 0.1) is 11.9 Å². The summed E-state index contributed by atoms with van der Waals surface area (Å²) in [6.07, 6.45) is 3.56. The van der Waals surface area contributed by atoms with Crippen LogP contribution >= 0.6 is 0 Å². The molecular formula is C17H28N6O2S. The molecule has 2 aromatic heterocycles. The summed E-state index contributed by atoms with van der Waals surface area (Å²) in [5.41, 5.74) is 2.96. The summed E-state index contributed by atoms with van der Waals surface area (Å²) < 4.78 is 31.1. The maximum Gasteiger partial charge on any atom is 0.246 e. The highest BCUT2D eigenvalue weighted by Crippen LogP contribution is 2.21. The van der Waals surface area contributed by atoms with E-state index in [4.69, 9.17) is 0 Å². The van der Waals surface area contributed by atoms with Crippen LogP contribution in [0.3, 0.4) is 0 Å². The molecule has 144 valence electrons. The van der Waals surface area contributed by atoms with Gasteiger partial charge in [0.15, 0.2) is 0 Å². The van der Waals surface area contributed by atoms with Crippen molar-refractivity contribution in [2.75, 3.05) is 26.2 Å². The van der Waals surface area contributed by atoms with Crippen LogP contribution in [0.25, 0.3) is 0 Å². The summed E-state index contributed by atoms with van der Waals surface area (Å²) in [7, 11) is -3.48. The van der Waals surface area contributed by atoms with Gasteiger partial charge in [0.25, 0.3) is 0 Å². The Labute approximate surface area is 155 Å². The van der Waals surface area contributed by atoms with Crippen LogP contribution in [0, 0.1) is 13.8 Å². The number of rotatable bonds is 6. The van der Waals surface area contributed by atoms with Gasteiger partial charge in [0.1, 0.15) is 4.90 Å². The SMILES string of the molecule is CCn1cc(S(=O)(=O)N2CCN(Cc3cnn(CC)c3C)CC2)c(C)n1. The third kappa shape index (κ3) is 3.56. The minimum Gasteiger partial charge on any atom is -0.296 e. The van der Waals surface area contributed by atoms with Crippen molar-refractivity contribution in [3.8, 4) is 0 Å². The predicted molar refractivity (Wildman–Crippen MR) is 99.3 cm³/mol. The molecule has 0 N–H and O–H groups in total. The monoisotopic (exact) mass is 380 g/mol. The van der Waals surface area contributed by atoms with Crippen molar-refractivity contribution in [1.82, 2.24) is 28.8 Å². The van der Waals surface area contributed by atoms with Crippen molar-refractivity contribution in [1.29, 1.82) is 0 Å². The van der Waals surface area contributed by atoms with E-state index in [0.29, 0.717) is 30.2 Å². The zero-order valence-corrected chi connectivity index (χ0v) is 16.8. The van der Waals surface area contributed by atoms with Crippen LogP contribution in [0.4, 0.5) is 0 Å². The fourth-order valence-corrected chi connectivity index (χ4v) is 4.97. The van der Waals surface area contributed by atoms with Gasteiger partial charge in [0, 0.05) is 63.3 Å². The lowest BCUT2D eigenvalue weighted by Crippen LogP contribution is -2.48. The molecule has 0 atom stereocenters. The normalized spacial score (nSPS) is 17.1. The van der Waals surface area contributed by atoms with Gasteiger partial charge in [-0.05, 0) is 27.7 Å². The molecule has 1 saturated heterocycles. The molecule has 1 aliphatic heterocycles. The number of piperazine rings is 1. The number of sulfonamides is 1. The smallest absolute Gasteiger partial charge is 0.246 e. The maximum atomic E-state index is 12.9. The van der Waals surface area contributed by atoms with Crippen molar-refractivity contribution >= 4 is 10.0 Å². The van der Waals surface area contributed by atoms with Crippen molar-refractivity contribution in [3.05, 3.63) is 29.3 Å². The molecule has 3 rings (SSSR count). The summed E-state index contributed by atoms with van der Waals surface area (Å²) in [6, 6.07) is 0. The molecule has 0 aliphatic carbocycles. The second-order valence-corrected chi connectivity index (χ2v) is 8.59. The zero-order chi connectivity index (χ0) is 18.9. The Morgan fingerprint density at radius 1 is 1.08 bits per heavy atom. The number of nitrogens with zero attached hydrogens (tertiary/aromatic N) is 6. The number of hydrogen-bond acceptors (Lipinski definition) is 5. The highest BCUT2D eigenvalue weighted by Gasteiger charge is 2.31. The van der Waals surface area contributed by atoms with Crippen LogP contribution in [-0.4, -0.2) is 63.4 Å². The summed E-state index contributed by atoms with van der Waals surface area (Å²) in [4.78, 5) is 2.62. The second kappa shape index (κ2) is 7.50. The number of aromatic nitrogens is 4. The molecular weight excluding hydrogens is 352 g/mol. The van der Waals surface area contributed by atoms with E-state index in [1.165, 1.54) is 11.3 Å². The quantitative estimate of drug-likeness (QED) is 0.754. The van der Waals surface area contributed by atoms with Crippen LogP contribution in [-0.2, 0) is 29.7 Å². The molecule has 1 aliphatic rings. The van der Waals surface area contributed by atoms with Crippen LogP contribution in [0.15, 0.2) is 17.3 Å². The van der Waals surface area contributed by atoms with Crippen molar-refractivity contribution in [2.24, 2.45) is 0 Å². The highest BCUT2D eigenvalue weighted by atomic mass is 32.2. The van der Waals surface area contributed by atoms with E-state index >= 15 is 0 Å². The molecule has 9 heteroatoms. The summed E-state index contributed by atoms with van der Waals surface area (Å²) in [6.45, 7) is 12.6. The fraction of sp³-hybridized carbons (Fsp3) is 0.647. The first-order chi connectivity index (χ1) is 12.4. The zero-order valence-electron chi connectivity index (χ0n) is 16.0. The molecule has 1 fully saturated rings. The van der Waals surface area contributed by atoms with Crippen molar-refractivity contribution in [2.45, 2.75) is 52.2 Å². The average molecular weight is 381 g/mol. The third-order valence-corrected chi connectivity index (χ3v) is 7.07. The molecule has 0 unspecified atom stereocenters. The Balaban J connectivity index is 1.65. The molecule has 3 heterocycles. The first kappa shape index (κ1) is 19.1. The van der Waals surface area contributed by atoms with Crippen LogP contribution < -0.4 is 0 Å². The Morgan fingerprint density at radius 2 is 1.77 bits per heavy atom. The largest absolute Gasteiger partial charge is 0.296 e. The molecule has 0 aromatic carbocycles. The van der Waals surface area contributed by atoms with Gasteiger partial charge < -0.3 is 0 Å². The number of aryl methyl sites for hydroxylation is 3. The second-order valence-electron chi connectivity index (χ2n) is 6.69. The summed E-state index contributed by atoms with van der Waals surface area (Å²) in [5.74, 6) is 0. The molecule has 2 aromatic rings. The maximum absolute atomic E-state index is 12.9. The minimum atomic E-state index is -3.48. The van der Waals surface area contributed by atoms with E-state index in [1.54, 1.807) is 22.1 Å². The lowest BCUT2D eigenvalue weighted by atomic mass is 10.2. The molecule has 0 radical (unpaired) electrons. The van der Waals surface area contributed by atoms with Gasteiger partial charge >= 0.3 is 0 Å². The van der Waals surface area contributed by atoms with Crippen LogP contribution in [0.1, 0.15) is 30.8 Å². The molecule has 26 heavy (non-hydrogen) atoms. The molecule has 8 nitrogen and oxygen atoms in total. The van der Waals surface area contributed by atoms with E-state index < -0.39 is 10.0 Å². The third-order valence-electron chi connectivity index (χ3n) is 5.07. The van der Waals surface area contributed by atoms with Crippen molar-refractivity contribution in [3.63, 3.8) is 0 Å². The highest BCUT2D eigenvalue weighted by molar-refractivity contribution is 7.89. The van der Waals surface area contributed by atoms with Gasteiger partial charge in [-0.15, -0.1) is 0 Å². The van der Waals surface area contributed by atoms with Gasteiger partial charge in [-0.25, -0.2) is 8.42 Å². The molecule has 0 spiro atoms. The topological polar surface area (TPSA) is 76.3 Å². The Hall–Kier alpha value is -1.71. The standard InChI is InChI=1S/C17H28N6O2S/c1-5-21-13-17(14(3)19-21)26(24,25)22-9-7-20(8-10-22)12-16-11-18-23(6-2)15(16)4/h11,13H,5-10,12H2,1-4H3. The van der Waals surface area contributed by atoms with Gasteiger partial charge in [-0.3, -0.25) is 14.3 Å². The molecule has 0 saturated carbocycles. The minimum absolute atomic E-state index is 0.327. The fourth-order valence-electron chi connectivity index (χ4n) is 3.38. The predicted octanol–water partition coefficient (Wildman–Crippen LogP) is 1.24. The Morgan fingerprint density at radius 3 is 2.31 bits per heavy atom. The first-order valence-corrected chi connectivity index (χ1v) is 10.6. The van der Waals surface area contributed by atoms with Crippen molar-refractivity contribution < 1.29 is 8.42 Å². The molecule has 0 amide bonds. The van der Waals surface area contributed by atoms with Gasteiger partial charge in [-0.1, -0.05) is 0 Å². The van der Waals surface area contributed by atoms with Gasteiger partial charge in [-0.2, -0.15) is 14.5 Å². The molecule has 0 bridgehead atoms. The lowest BCUT2D eigenvalue weighted by Gasteiger charge is -2.33. The van der Waals surface area contributed by atoms with E-state index in [2.05, 4.69) is 28.9 Å². The summed E-state index contributed by atoms with van der Waals surface area (Å²) in [5, 5.41) is 8.66. The summed E-state index contributed by atoms with van der Waals surface area (Å²) >= 11 is 0. The van der Waals surface area contributed by atoms with Crippen LogP contribution in [0.5, 0.6) is 0 Å². The Bertz CT molecular complexity index is 862. The van der Waals surface area contributed by atoms with E-state index in [1.807, 2.05) is 17.8 Å². The van der Waals surface area contributed by atoms with E-state index in [-0.39, 0.29) is 0 Å². The lowest BCUT2D eigenvalue weighted by molar-refractivity contribution is 0.181.